The van der Waals surface area contributed by atoms with Gasteiger partial charge in [-0.05, 0) is 38.2 Å². The van der Waals surface area contributed by atoms with E-state index in [1.54, 1.807) is 10.8 Å². The first-order valence-electron chi connectivity index (χ1n) is 9.51. The van der Waals surface area contributed by atoms with Gasteiger partial charge in [0.1, 0.15) is 17.9 Å². The van der Waals surface area contributed by atoms with Gasteiger partial charge in [-0.3, -0.25) is 4.57 Å². The molecule has 0 amide bonds. The summed E-state index contributed by atoms with van der Waals surface area (Å²) < 4.78 is 12.9. The molecule has 0 spiro atoms. The number of benzene rings is 1. The van der Waals surface area contributed by atoms with E-state index in [4.69, 9.17) is 9.47 Å². The predicted molar refractivity (Wildman–Crippen MR) is 108 cm³/mol. The molecule has 0 fully saturated rings. The van der Waals surface area contributed by atoms with Crippen LogP contribution < -0.4 is 15.2 Å². The minimum atomic E-state index is -0.221. The number of fused-ring (bicyclic) bond motifs is 1. The van der Waals surface area contributed by atoms with Gasteiger partial charge in [0.25, 0.3) is 0 Å². The predicted octanol–water partition coefficient (Wildman–Crippen LogP) is 2.29. The molecule has 0 saturated heterocycles. The third-order valence-corrected chi connectivity index (χ3v) is 4.29. The maximum atomic E-state index is 12.4. The Bertz CT molecular complexity index is 947. The Balaban J connectivity index is 1.73. The largest absolute Gasteiger partial charge is 0.492 e. The van der Waals surface area contributed by atoms with E-state index in [0.29, 0.717) is 36.9 Å². The third-order valence-electron chi connectivity index (χ3n) is 4.29. The van der Waals surface area contributed by atoms with Crippen LogP contribution in [0.25, 0.3) is 11.2 Å². The number of likely N-dealkylation sites (N-methyl/N-ethyl adjacent to an activating group) is 1. The smallest absolute Gasteiger partial charge is 0.328 e. The van der Waals surface area contributed by atoms with Crippen molar-refractivity contribution in [3.63, 3.8) is 0 Å². The summed E-state index contributed by atoms with van der Waals surface area (Å²) in [6, 6.07) is 8.03. The highest BCUT2D eigenvalue weighted by Gasteiger charge is 2.11. The fraction of sp³-hybridized carbons (Fsp3) is 0.450. The molecule has 28 heavy (non-hydrogen) atoms. The van der Waals surface area contributed by atoms with Crippen molar-refractivity contribution < 1.29 is 9.47 Å². The normalized spacial score (nSPS) is 11.3. The monoisotopic (exact) mass is 385 g/mol. The Morgan fingerprint density at radius 2 is 1.93 bits per heavy atom. The standard InChI is InChI=1S/C20H27N5O3/c1-4-5-11-28-19-21-13-17-18(23-19)25(20(26)22-17)14-15-6-8-16(9-7-15)27-12-10-24(2)3/h6-9,13H,4-5,10-12,14H2,1-3H3,(H,22,26). The second-order valence-corrected chi connectivity index (χ2v) is 6.90. The highest BCUT2D eigenvalue weighted by molar-refractivity contribution is 5.69. The third kappa shape index (κ3) is 5.10. The van der Waals surface area contributed by atoms with Crippen molar-refractivity contribution in [2.45, 2.75) is 26.3 Å². The van der Waals surface area contributed by atoms with Gasteiger partial charge in [0.15, 0.2) is 5.65 Å². The Kier molecular flexibility index (Phi) is 6.65. The van der Waals surface area contributed by atoms with Crippen LogP contribution in [0.4, 0.5) is 0 Å². The molecule has 1 N–H and O–H groups in total. The lowest BCUT2D eigenvalue weighted by Crippen LogP contribution is -2.19. The Hall–Kier alpha value is -2.87. The number of ether oxygens (including phenoxy) is 2. The molecule has 2 heterocycles. The second-order valence-electron chi connectivity index (χ2n) is 6.90. The minimum Gasteiger partial charge on any atom is -0.492 e. The quantitative estimate of drug-likeness (QED) is 0.539. The fourth-order valence-corrected chi connectivity index (χ4v) is 2.67. The zero-order chi connectivity index (χ0) is 19.9. The van der Waals surface area contributed by atoms with Crippen LogP contribution in [0.3, 0.4) is 0 Å². The van der Waals surface area contributed by atoms with Crippen LogP contribution in [0.5, 0.6) is 11.8 Å². The summed E-state index contributed by atoms with van der Waals surface area (Å²) in [5, 5.41) is 0. The molecular weight excluding hydrogens is 358 g/mol. The van der Waals surface area contributed by atoms with Gasteiger partial charge < -0.3 is 19.4 Å². The number of nitrogens with one attached hydrogen (secondary N) is 1. The van der Waals surface area contributed by atoms with Gasteiger partial charge in [-0.1, -0.05) is 25.5 Å². The molecule has 0 saturated carbocycles. The number of hydrogen-bond donors (Lipinski definition) is 1. The number of aromatic nitrogens is 4. The van der Waals surface area contributed by atoms with Crippen molar-refractivity contribution in [2.75, 3.05) is 33.9 Å². The van der Waals surface area contributed by atoms with Crippen molar-refractivity contribution in [3.8, 4) is 11.8 Å². The lowest BCUT2D eigenvalue weighted by molar-refractivity contribution is 0.261. The van der Waals surface area contributed by atoms with Gasteiger partial charge >= 0.3 is 11.7 Å². The van der Waals surface area contributed by atoms with Crippen LogP contribution in [0.2, 0.25) is 0 Å². The van der Waals surface area contributed by atoms with Crippen molar-refractivity contribution in [1.82, 2.24) is 24.4 Å². The molecule has 150 valence electrons. The van der Waals surface area contributed by atoms with Crippen LogP contribution in [-0.4, -0.2) is 58.3 Å². The van der Waals surface area contributed by atoms with Crippen molar-refractivity contribution in [1.29, 1.82) is 0 Å². The summed E-state index contributed by atoms with van der Waals surface area (Å²) in [6.07, 6.45) is 3.56. The number of imidazole rings is 1. The molecule has 2 aromatic heterocycles. The number of unbranched alkanes of at least 4 members (excludes halogenated alkanes) is 1. The molecule has 3 aromatic rings. The highest BCUT2D eigenvalue weighted by Crippen LogP contribution is 2.15. The minimum absolute atomic E-state index is 0.221. The first-order valence-corrected chi connectivity index (χ1v) is 9.51. The van der Waals surface area contributed by atoms with E-state index in [9.17, 15) is 4.79 Å². The molecule has 0 aliphatic heterocycles. The zero-order valence-electron chi connectivity index (χ0n) is 16.6. The van der Waals surface area contributed by atoms with Gasteiger partial charge in [0.2, 0.25) is 0 Å². The van der Waals surface area contributed by atoms with Crippen LogP contribution in [0.1, 0.15) is 25.3 Å². The van der Waals surface area contributed by atoms with Crippen molar-refractivity contribution >= 4 is 11.2 Å². The molecule has 0 unspecified atom stereocenters. The zero-order valence-corrected chi connectivity index (χ0v) is 16.6. The number of nitrogens with zero attached hydrogens (tertiary/aromatic N) is 4. The number of aromatic amines is 1. The van der Waals surface area contributed by atoms with Gasteiger partial charge in [0.05, 0.1) is 19.3 Å². The van der Waals surface area contributed by atoms with E-state index < -0.39 is 0 Å². The molecule has 8 heteroatoms. The van der Waals surface area contributed by atoms with Gasteiger partial charge in [-0.2, -0.15) is 4.98 Å². The molecule has 0 bridgehead atoms. The molecule has 0 radical (unpaired) electrons. The van der Waals surface area contributed by atoms with E-state index in [2.05, 4.69) is 26.8 Å². The molecule has 0 atom stereocenters. The number of rotatable bonds is 10. The fourth-order valence-electron chi connectivity index (χ4n) is 2.67. The molecule has 0 aliphatic rings. The van der Waals surface area contributed by atoms with Gasteiger partial charge in [-0.15, -0.1) is 0 Å². The first-order chi connectivity index (χ1) is 13.6. The maximum absolute atomic E-state index is 12.4. The van der Waals surface area contributed by atoms with E-state index in [1.165, 1.54) is 0 Å². The number of H-pyrrole nitrogens is 1. The summed E-state index contributed by atoms with van der Waals surface area (Å²) >= 11 is 0. The summed E-state index contributed by atoms with van der Waals surface area (Å²) in [4.78, 5) is 25.8. The molecule has 3 rings (SSSR count). The van der Waals surface area contributed by atoms with E-state index in [0.717, 1.165) is 30.7 Å². The highest BCUT2D eigenvalue weighted by atomic mass is 16.5. The lowest BCUT2D eigenvalue weighted by atomic mass is 10.2. The average Bonchev–Trinajstić information content (AvgIpc) is 2.98. The lowest BCUT2D eigenvalue weighted by Gasteiger charge is -2.11. The van der Waals surface area contributed by atoms with Crippen molar-refractivity contribution in [2.24, 2.45) is 0 Å². The SMILES string of the molecule is CCCCOc1ncc2[nH]c(=O)n(Cc3ccc(OCCN(C)C)cc3)c2n1. The maximum Gasteiger partial charge on any atom is 0.328 e. The van der Waals surface area contributed by atoms with Crippen LogP contribution in [0.15, 0.2) is 35.3 Å². The van der Waals surface area contributed by atoms with E-state index >= 15 is 0 Å². The topological polar surface area (TPSA) is 85.3 Å². The van der Waals surface area contributed by atoms with Gasteiger partial charge in [0, 0.05) is 6.54 Å². The van der Waals surface area contributed by atoms with Gasteiger partial charge in [-0.25, -0.2) is 9.78 Å². The van der Waals surface area contributed by atoms with E-state index in [1.807, 2.05) is 38.4 Å². The molecule has 8 nitrogen and oxygen atoms in total. The Labute approximate surface area is 164 Å². The molecule has 0 aliphatic carbocycles. The van der Waals surface area contributed by atoms with E-state index in [-0.39, 0.29) is 5.69 Å². The van der Waals surface area contributed by atoms with Crippen LogP contribution in [0, 0.1) is 0 Å². The Morgan fingerprint density at radius 1 is 1.14 bits per heavy atom. The number of hydrogen-bond acceptors (Lipinski definition) is 6. The molecule has 1 aromatic carbocycles. The van der Waals surface area contributed by atoms with Crippen LogP contribution in [-0.2, 0) is 6.54 Å². The summed E-state index contributed by atoms with van der Waals surface area (Å²) in [6.45, 7) is 4.55. The molecular formula is C20H27N5O3. The average molecular weight is 385 g/mol. The summed E-state index contributed by atoms with van der Waals surface area (Å²) in [7, 11) is 4.02. The van der Waals surface area contributed by atoms with Crippen molar-refractivity contribution in [3.05, 3.63) is 46.5 Å². The summed E-state index contributed by atoms with van der Waals surface area (Å²) in [5.74, 6) is 0.811. The Morgan fingerprint density at radius 3 is 2.64 bits per heavy atom. The first kappa shape index (κ1) is 19.9. The van der Waals surface area contributed by atoms with Crippen LogP contribution >= 0.6 is 0 Å². The second kappa shape index (κ2) is 9.36. The summed E-state index contributed by atoms with van der Waals surface area (Å²) in [5.41, 5.74) is 1.89.